The number of halogens is 4. The molecule has 2 N–H and O–H groups in total. The normalized spacial score (nSPS) is 19.1. The molecule has 0 unspecified atom stereocenters. The van der Waals surface area contributed by atoms with Crippen LogP contribution in [-0.2, 0) is 11.8 Å². The molecule has 0 aromatic carbocycles. The van der Waals surface area contributed by atoms with Crippen molar-refractivity contribution < 1.29 is 27.5 Å². The number of aryl methyl sites for hydroxylation is 2. The Hall–Kier alpha value is -3.34. The van der Waals surface area contributed by atoms with E-state index in [1.165, 1.54) is 36.9 Å². The number of pyridine rings is 3. The predicted octanol–water partition coefficient (Wildman–Crippen LogP) is 3.20. The number of alkyl halides is 4. The van der Waals surface area contributed by atoms with Crippen molar-refractivity contribution in [1.29, 1.82) is 0 Å². The second kappa shape index (κ2) is 7.66. The maximum Gasteiger partial charge on any atom is 0.420 e. The van der Waals surface area contributed by atoms with E-state index in [9.17, 15) is 32.3 Å². The maximum atomic E-state index is 13.1. The minimum atomic E-state index is -4.86. The summed E-state index contributed by atoms with van der Waals surface area (Å²) in [5, 5.41) is 12.5. The van der Waals surface area contributed by atoms with Gasteiger partial charge in [0, 0.05) is 42.0 Å². The number of aliphatic hydroxyl groups excluding tert-OH is 1. The average Bonchev–Trinajstić information content (AvgIpc) is 3.47. The standard InChI is InChI=1S/C21H18F4N4O3/c1-9-3-15(18(30)21(23,24)25)26-8-13(9)11-4-10-7-27-17(6-16(10)29(2)20(11)32)28-19(31)12-5-14(12)22/h3-4,6-8,12,14,18,30H,5H2,1-2H3,(H,27,28,31)/t12-,14-,18-/m0/s1. The summed E-state index contributed by atoms with van der Waals surface area (Å²) in [4.78, 5) is 32.7. The lowest BCUT2D eigenvalue weighted by atomic mass is 10.0. The second-order valence-electron chi connectivity index (χ2n) is 7.77. The molecule has 0 bridgehead atoms. The molecular weight excluding hydrogens is 432 g/mol. The Labute approximate surface area is 178 Å². The first-order valence-electron chi connectivity index (χ1n) is 9.63. The lowest BCUT2D eigenvalue weighted by Crippen LogP contribution is -2.22. The van der Waals surface area contributed by atoms with E-state index in [0.29, 0.717) is 22.0 Å². The predicted molar refractivity (Wildman–Crippen MR) is 108 cm³/mol. The number of nitrogens with one attached hydrogen (secondary N) is 1. The van der Waals surface area contributed by atoms with Crippen LogP contribution in [0.25, 0.3) is 22.0 Å². The van der Waals surface area contributed by atoms with Crippen LogP contribution in [0.1, 0.15) is 23.8 Å². The smallest absolute Gasteiger partial charge is 0.378 e. The zero-order valence-electron chi connectivity index (χ0n) is 16.9. The van der Waals surface area contributed by atoms with Crippen molar-refractivity contribution in [3.8, 4) is 11.1 Å². The molecule has 0 spiro atoms. The van der Waals surface area contributed by atoms with E-state index in [1.807, 2.05) is 0 Å². The highest BCUT2D eigenvalue weighted by Gasteiger charge is 2.43. The minimum Gasteiger partial charge on any atom is -0.378 e. The highest BCUT2D eigenvalue weighted by molar-refractivity contribution is 5.95. The van der Waals surface area contributed by atoms with E-state index in [1.54, 1.807) is 0 Å². The van der Waals surface area contributed by atoms with Gasteiger partial charge in [-0.15, -0.1) is 0 Å². The molecule has 1 aliphatic carbocycles. The number of hydrogen-bond acceptors (Lipinski definition) is 5. The SMILES string of the molecule is Cc1cc([C@H](O)C(F)(F)F)ncc1-c1cc2cnc(NC(=O)[C@H]3C[C@@H]3F)cc2n(C)c1=O. The van der Waals surface area contributed by atoms with Gasteiger partial charge < -0.3 is 15.0 Å². The summed E-state index contributed by atoms with van der Waals surface area (Å²) in [6, 6.07) is 4.10. The highest BCUT2D eigenvalue weighted by atomic mass is 19.4. The molecular formula is C21H18F4N4O3. The van der Waals surface area contributed by atoms with Gasteiger partial charge in [0.15, 0.2) is 6.10 Å². The molecule has 7 nitrogen and oxygen atoms in total. The van der Waals surface area contributed by atoms with Gasteiger partial charge in [-0.1, -0.05) is 0 Å². The van der Waals surface area contributed by atoms with Gasteiger partial charge in [0.25, 0.3) is 5.56 Å². The Kier molecular flexibility index (Phi) is 5.24. The topological polar surface area (TPSA) is 97.1 Å². The molecule has 3 aromatic rings. The summed E-state index contributed by atoms with van der Waals surface area (Å²) in [6.45, 7) is 1.51. The van der Waals surface area contributed by atoms with Crippen molar-refractivity contribution in [2.75, 3.05) is 5.32 Å². The Morgan fingerprint density at radius 1 is 1.22 bits per heavy atom. The fourth-order valence-electron chi connectivity index (χ4n) is 3.46. The monoisotopic (exact) mass is 450 g/mol. The molecule has 3 heterocycles. The van der Waals surface area contributed by atoms with Crippen molar-refractivity contribution in [2.45, 2.75) is 31.8 Å². The molecule has 11 heteroatoms. The van der Waals surface area contributed by atoms with E-state index in [4.69, 9.17) is 0 Å². The van der Waals surface area contributed by atoms with Crippen LogP contribution in [0.3, 0.4) is 0 Å². The molecule has 3 atom stereocenters. The highest BCUT2D eigenvalue weighted by Crippen LogP contribution is 2.35. The molecule has 0 radical (unpaired) electrons. The van der Waals surface area contributed by atoms with E-state index in [0.717, 1.165) is 12.3 Å². The first-order valence-corrected chi connectivity index (χ1v) is 9.63. The van der Waals surface area contributed by atoms with Gasteiger partial charge in [0.1, 0.15) is 12.0 Å². The van der Waals surface area contributed by atoms with E-state index >= 15 is 0 Å². The van der Waals surface area contributed by atoms with Gasteiger partial charge in [0.05, 0.1) is 17.1 Å². The molecule has 168 valence electrons. The third kappa shape index (κ3) is 3.95. The van der Waals surface area contributed by atoms with Crippen molar-refractivity contribution in [3.05, 3.63) is 52.2 Å². The number of rotatable bonds is 4. The number of aromatic nitrogens is 3. The number of aliphatic hydroxyl groups is 1. The molecule has 32 heavy (non-hydrogen) atoms. The Morgan fingerprint density at radius 2 is 1.91 bits per heavy atom. The summed E-state index contributed by atoms with van der Waals surface area (Å²) in [5.41, 5.74) is 0.273. The summed E-state index contributed by atoms with van der Waals surface area (Å²) >= 11 is 0. The molecule has 4 rings (SSSR count). The fourth-order valence-corrected chi connectivity index (χ4v) is 3.46. The molecule has 0 saturated heterocycles. The van der Waals surface area contributed by atoms with Gasteiger partial charge in [-0.25, -0.2) is 9.37 Å². The molecule has 1 saturated carbocycles. The number of amides is 1. The Bertz CT molecular complexity index is 1290. The lowest BCUT2D eigenvalue weighted by Gasteiger charge is -2.16. The van der Waals surface area contributed by atoms with Crippen LogP contribution >= 0.6 is 0 Å². The van der Waals surface area contributed by atoms with Crippen LogP contribution in [0, 0.1) is 12.8 Å². The van der Waals surface area contributed by atoms with Crippen LogP contribution < -0.4 is 10.9 Å². The number of nitrogens with zero attached hydrogens (tertiary/aromatic N) is 3. The molecule has 3 aromatic heterocycles. The average molecular weight is 450 g/mol. The maximum absolute atomic E-state index is 13.1. The summed E-state index contributed by atoms with van der Waals surface area (Å²) in [5.74, 6) is -0.991. The van der Waals surface area contributed by atoms with E-state index in [-0.39, 0.29) is 17.8 Å². The van der Waals surface area contributed by atoms with Crippen molar-refractivity contribution in [3.63, 3.8) is 0 Å². The zero-order valence-corrected chi connectivity index (χ0v) is 16.9. The van der Waals surface area contributed by atoms with Crippen molar-refractivity contribution in [2.24, 2.45) is 13.0 Å². The quantitative estimate of drug-likeness (QED) is 0.595. The van der Waals surface area contributed by atoms with E-state index in [2.05, 4.69) is 15.3 Å². The number of fused-ring (bicyclic) bond motifs is 1. The van der Waals surface area contributed by atoms with Crippen LogP contribution in [-0.4, -0.2) is 37.9 Å². The Balaban J connectivity index is 1.71. The largest absolute Gasteiger partial charge is 0.420 e. The molecule has 1 fully saturated rings. The van der Waals surface area contributed by atoms with Crippen LogP contribution in [0.15, 0.2) is 35.4 Å². The molecule has 1 amide bonds. The summed E-state index contributed by atoms with van der Waals surface area (Å²) < 4.78 is 52.7. The first kappa shape index (κ1) is 21.9. The third-order valence-corrected chi connectivity index (χ3v) is 5.42. The summed E-state index contributed by atoms with van der Waals surface area (Å²) in [7, 11) is 1.50. The fraction of sp³-hybridized carbons (Fsp3) is 0.333. The minimum absolute atomic E-state index is 0.174. The van der Waals surface area contributed by atoms with Crippen LogP contribution in [0.2, 0.25) is 0 Å². The first-order chi connectivity index (χ1) is 15.0. The summed E-state index contributed by atoms with van der Waals surface area (Å²) in [6.07, 6.45) is -6.01. The zero-order chi connectivity index (χ0) is 23.4. The van der Waals surface area contributed by atoms with Gasteiger partial charge in [-0.2, -0.15) is 13.2 Å². The molecule has 0 aliphatic heterocycles. The third-order valence-electron chi connectivity index (χ3n) is 5.42. The second-order valence-corrected chi connectivity index (χ2v) is 7.77. The van der Waals surface area contributed by atoms with Crippen LogP contribution in [0.4, 0.5) is 23.4 Å². The van der Waals surface area contributed by atoms with Gasteiger partial charge >= 0.3 is 6.18 Å². The van der Waals surface area contributed by atoms with E-state index < -0.39 is 41.5 Å². The van der Waals surface area contributed by atoms with Gasteiger partial charge in [-0.05, 0) is 31.0 Å². The van der Waals surface area contributed by atoms with Crippen molar-refractivity contribution >= 4 is 22.6 Å². The molecule has 1 aliphatic rings. The number of carbonyl (C=O) groups is 1. The van der Waals surface area contributed by atoms with Gasteiger partial charge in [0.2, 0.25) is 5.91 Å². The van der Waals surface area contributed by atoms with Crippen molar-refractivity contribution in [1.82, 2.24) is 14.5 Å². The number of carbonyl (C=O) groups excluding carboxylic acids is 1. The lowest BCUT2D eigenvalue weighted by molar-refractivity contribution is -0.207. The Morgan fingerprint density at radius 3 is 2.50 bits per heavy atom. The number of hydrogen-bond donors (Lipinski definition) is 2. The van der Waals surface area contributed by atoms with Gasteiger partial charge in [-0.3, -0.25) is 14.6 Å². The van der Waals surface area contributed by atoms with Crippen LogP contribution in [0.5, 0.6) is 0 Å². The number of anilines is 1.